The second-order valence-electron chi connectivity index (χ2n) is 5.54. The molecule has 1 aromatic carbocycles. The van der Waals surface area contributed by atoms with Gasteiger partial charge in [-0.05, 0) is 31.5 Å². The van der Waals surface area contributed by atoms with Gasteiger partial charge in [0, 0.05) is 37.4 Å². The molecule has 0 unspecified atom stereocenters. The molecule has 1 amide bonds. The maximum absolute atomic E-state index is 11.9. The first-order chi connectivity index (χ1) is 9.56. The van der Waals surface area contributed by atoms with Gasteiger partial charge in [0.25, 0.3) is 0 Å². The van der Waals surface area contributed by atoms with Crippen molar-refractivity contribution in [1.82, 2.24) is 9.88 Å². The zero-order valence-electron chi connectivity index (χ0n) is 12.2. The van der Waals surface area contributed by atoms with Crippen LogP contribution in [0.3, 0.4) is 0 Å². The molecule has 1 aliphatic heterocycles. The fourth-order valence-corrected chi connectivity index (χ4v) is 2.84. The second kappa shape index (κ2) is 4.78. The third-order valence-corrected chi connectivity index (χ3v) is 3.95. The van der Waals surface area contributed by atoms with Crippen molar-refractivity contribution >= 4 is 22.5 Å². The summed E-state index contributed by atoms with van der Waals surface area (Å²) in [5.74, 6) is 0.172. The van der Waals surface area contributed by atoms with Gasteiger partial charge < -0.3 is 9.80 Å². The summed E-state index contributed by atoms with van der Waals surface area (Å²) in [6.07, 6.45) is 1.84. The summed E-state index contributed by atoms with van der Waals surface area (Å²) >= 11 is 0. The number of carbonyl (C=O) groups excluding carboxylic acids is 1. The minimum atomic E-state index is 0.172. The Hall–Kier alpha value is -2.10. The third-order valence-electron chi connectivity index (χ3n) is 3.95. The van der Waals surface area contributed by atoms with Crippen molar-refractivity contribution in [2.45, 2.75) is 13.8 Å². The summed E-state index contributed by atoms with van der Waals surface area (Å²) < 4.78 is 0. The van der Waals surface area contributed by atoms with E-state index >= 15 is 0 Å². The summed E-state index contributed by atoms with van der Waals surface area (Å²) in [6.45, 7) is 6.27. The van der Waals surface area contributed by atoms with E-state index in [2.05, 4.69) is 35.9 Å². The van der Waals surface area contributed by atoms with Crippen LogP contribution in [0.5, 0.6) is 0 Å². The Morgan fingerprint density at radius 3 is 2.75 bits per heavy atom. The summed E-state index contributed by atoms with van der Waals surface area (Å²) in [6, 6.07) is 6.32. The predicted molar refractivity (Wildman–Crippen MR) is 81.1 cm³/mol. The van der Waals surface area contributed by atoms with Gasteiger partial charge in [-0.3, -0.25) is 9.78 Å². The summed E-state index contributed by atoms with van der Waals surface area (Å²) in [5.41, 5.74) is 4.55. The zero-order chi connectivity index (χ0) is 14.3. The molecule has 4 nitrogen and oxygen atoms in total. The number of benzene rings is 1. The van der Waals surface area contributed by atoms with Crippen LogP contribution in [0.2, 0.25) is 0 Å². The van der Waals surface area contributed by atoms with E-state index in [1.54, 1.807) is 4.90 Å². The van der Waals surface area contributed by atoms with Crippen molar-refractivity contribution in [2.75, 3.05) is 31.6 Å². The molecule has 3 rings (SSSR count). The van der Waals surface area contributed by atoms with Gasteiger partial charge in [0.1, 0.15) is 0 Å². The van der Waals surface area contributed by atoms with E-state index in [9.17, 15) is 4.79 Å². The van der Waals surface area contributed by atoms with Crippen molar-refractivity contribution in [3.8, 4) is 0 Å². The van der Waals surface area contributed by atoms with E-state index in [0.29, 0.717) is 6.54 Å². The zero-order valence-corrected chi connectivity index (χ0v) is 12.2. The molecule has 20 heavy (non-hydrogen) atoms. The number of piperazine rings is 1. The normalized spacial score (nSPS) is 16.1. The smallest absolute Gasteiger partial charge is 0.241 e. The number of likely N-dealkylation sites (N-methyl/N-ethyl adjacent to an activating group) is 1. The van der Waals surface area contributed by atoms with E-state index in [-0.39, 0.29) is 5.91 Å². The minimum absolute atomic E-state index is 0.172. The second-order valence-corrected chi connectivity index (χ2v) is 5.54. The van der Waals surface area contributed by atoms with Crippen LogP contribution in [0.25, 0.3) is 10.9 Å². The van der Waals surface area contributed by atoms with Gasteiger partial charge in [-0.25, -0.2) is 0 Å². The van der Waals surface area contributed by atoms with Crippen LogP contribution < -0.4 is 4.90 Å². The Labute approximate surface area is 119 Å². The van der Waals surface area contributed by atoms with Crippen molar-refractivity contribution < 1.29 is 4.79 Å². The maximum Gasteiger partial charge on any atom is 0.241 e. The van der Waals surface area contributed by atoms with Gasteiger partial charge in [0.05, 0.1) is 12.1 Å². The number of aryl methyl sites for hydroxylation is 2. The van der Waals surface area contributed by atoms with Crippen LogP contribution in [-0.4, -0.2) is 42.5 Å². The first kappa shape index (κ1) is 12.9. The van der Waals surface area contributed by atoms with Crippen LogP contribution in [0.1, 0.15) is 11.1 Å². The molecule has 0 spiro atoms. The molecule has 0 atom stereocenters. The van der Waals surface area contributed by atoms with E-state index in [1.165, 1.54) is 11.1 Å². The number of anilines is 1. The molecule has 1 aliphatic rings. The van der Waals surface area contributed by atoms with Gasteiger partial charge in [-0.2, -0.15) is 0 Å². The van der Waals surface area contributed by atoms with Crippen LogP contribution in [0.4, 0.5) is 5.69 Å². The molecule has 0 saturated carbocycles. The maximum atomic E-state index is 11.9. The van der Waals surface area contributed by atoms with Crippen LogP contribution in [0, 0.1) is 13.8 Å². The number of pyridine rings is 1. The SMILES string of the molecule is Cc1cc(C)c2nccc(N3CCN(C)C(=O)C3)c2c1. The largest absolute Gasteiger partial charge is 0.360 e. The number of carbonyl (C=O) groups is 1. The number of amides is 1. The van der Waals surface area contributed by atoms with Crippen LogP contribution >= 0.6 is 0 Å². The Kier molecular flexibility index (Phi) is 3.08. The van der Waals surface area contributed by atoms with Crippen molar-refractivity contribution in [1.29, 1.82) is 0 Å². The van der Waals surface area contributed by atoms with E-state index < -0.39 is 0 Å². The standard InChI is InChI=1S/C16H19N3O/c1-11-8-12(2)16-13(9-11)14(4-5-17-16)19-7-6-18(3)15(20)10-19/h4-5,8-9H,6-7,10H2,1-3H3. The van der Waals surface area contributed by atoms with Gasteiger partial charge in [0.15, 0.2) is 0 Å². The molecule has 4 heteroatoms. The fourth-order valence-electron chi connectivity index (χ4n) is 2.84. The minimum Gasteiger partial charge on any atom is -0.360 e. The number of nitrogens with zero attached hydrogens (tertiary/aromatic N) is 3. The highest BCUT2D eigenvalue weighted by Crippen LogP contribution is 2.29. The lowest BCUT2D eigenvalue weighted by atomic mass is 10.0. The highest BCUT2D eigenvalue weighted by Gasteiger charge is 2.22. The molecule has 0 aliphatic carbocycles. The number of hydrogen-bond acceptors (Lipinski definition) is 3. The first-order valence-corrected chi connectivity index (χ1v) is 6.91. The molecular formula is C16H19N3O. The Morgan fingerprint density at radius 2 is 2.00 bits per heavy atom. The molecule has 2 aromatic rings. The predicted octanol–water partition coefficient (Wildman–Crippen LogP) is 2.13. The van der Waals surface area contributed by atoms with Gasteiger partial charge >= 0.3 is 0 Å². The molecule has 1 fully saturated rings. The van der Waals surface area contributed by atoms with Crippen molar-refractivity contribution in [2.24, 2.45) is 0 Å². The van der Waals surface area contributed by atoms with Crippen LogP contribution in [0.15, 0.2) is 24.4 Å². The molecule has 0 bridgehead atoms. The molecule has 2 heterocycles. The number of rotatable bonds is 1. The average Bonchev–Trinajstić information content (AvgIpc) is 2.41. The van der Waals surface area contributed by atoms with Crippen molar-refractivity contribution in [3.63, 3.8) is 0 Å². The molecule has 1 saturated heterocycles. The quantitative estimate of drug-likeness (QED) is 0.795. The first-order valence-electron chi connectivity index (χ1n) is 6.91. The molecule has 0 N–H and O–H groups in total. The number of aromatic nitrogens is 1. The van der Waals surface area contributed by atoms with Gasteiger partial charge in [-0.1, -0.05) is 11.6 Å². The Balaban J connectivity index is 2.10. The van der Waals surface area contributed by atoms with Gasteiger partial charge in [-0.15, -0.1) is 0 Å². The summed E-state index contributed by atoms with van der Waals surface area (Å²) in [5, 5.41) is 1.14. The number of hydrogen-bond donors (Lipinski definition) is 0. The lowest BCUT2D eigenvalue weighted by Crippen LogP contribution is -2.48. The Bertz CT molecular complexity index is 681. The summed E-state index contributed by atoms with van der Waals surface area (Å²) in [4.78, 5) is 20.4. The summed E-state index contributed by atoms with van der Waals surface area (Å²) in [7, 11) is 1.86. The molecular weight excluding hydrogens is 250 g/mol. The fraction of sp³-hybridized carbons (Fsp3) is 0.375. The Morgan fingerprint density at radius 1 is 1.20 bits per heavy atom. The van der Waals surface area contributed by atoms with E-state index in [1.807, 2.05) is 19.3 Å². The monoisotopic (exact) mass is 269 g/mol. The lowest BCUT2D eigenvalue weighted by Gasteiger charge is -2.34. The highest BCUT2D eigenvalue weighted by molar-refractivity contribution is 5.95. The average molecular weight is 269 g/mol. The van der Waals surface area contributed by atoms with Crippen LogP contribution in [-0.2, 0) is 4.79 Å². The highest BCUT2D eigenvalue weighted by atomic mass is 16.2. The molecule has 0 radical (unpaired) electrons. The topological polar surface area (TPSA) is 36.4 Å². The molecule has 104 valence electrons. The lowest BCUT2D eigenvalue weighted by molar-refractivity contribution is -0.129. The van der Waals surface area contributed by atoms with E-state index in [4.69, 9.17) is 0 Å². The molecule has 1 aromatic heterocycles. The van der Waals surface area contributed by atoms with Gasteiger partial charge in [0.2, 0.25) is 5.91 Å². The number of fused-ring (bicyclic) bond motifs is 1. The third kappa shape index (κ3) is 2.11. The van der Waals surface area contributed by atoms with E-state index in [0.717, 1.165) is 29.7 Å². The van der Waals surface area contributed by atoms with Crippen molar-refractivity contribution in [3.05, 3.63) is 35.5 Å².